The van der Waals surface area contributed by atoms with Crippen molar-refractivity contribution in [3.05, 3.63) is 35.9 Å². The Labute approximate surface area is 102 Å². The highest BCUT2D eigenvalue weighted by Gasteiger charge is 2.17. The fourth-order valence-electron chi connectivity index (χ4n) is 1.45. The summed E-state index contributed by atoms with van der Waals surface area (Å²) in [7, 11) is 0. The predicted molar refractivity (Wildman–Crippen MR) is 64.9 cm³/mol. The molecule has 0 fully saturated rings. The Morgan fingerprint density at radius 3 is 2.47 bits per heavy atom. The van der Waals surface area contributed by atoms with Crippen molar-refractivity contribution in [2.75, 3.05) is 6.61 Å². The number of rotatable bonds is 6. The molecule has 0 heterocycles. The molecule has 0 spiro atoms. The van der Waals surface area contributed by atoms with Gasteiger partial charge in [-0.15, -0.1) is 0 Å². The van der Waals surface area contributed by atoms with Crippen LogP contribution in [-0.4, -0.2) is 12.6 Å². The first-order valence-corrected chi connectivity index (χ1v) is 5.69. The van der Waals surface area contributed by atoms with E-state index in [1.807, 2.05) is 30.3 Å². The van der Waals surface area contributed by atoms with Gasteiger partial charge in [0.05, 0.1) is 12.5 Å². The molecular weight excluding hydrogens is 218 g/mol. The molecule has 0 saturated carbocycles. The van der Waals surface area contributed by atoms with Gasteiger partial charge in [0.15, 0.2) is 0 Å². The molecule has 0 aliphatic heterocycles. The molecule has 0 aromatic heterocycles. The molecule has 0 aliphatic rings. The Morgan fingerprint density at radius 1 is 1.29 bits per heavy atom. The van der Waals surface area contributed by atoms with Crippen LogP contribution in [0.2, 0.25) is 0 Å². The second kappa shape index (κ2) is 7.04. The molecule has 1 atom stereocenters. The van der Waals surface area contributed by atoms with Crippen LogP contribution >= 0.6 is 0 Å². The van der Waals surface area contributed by atoms with Crippen LogP contribution in [0.3, 0.4) is 0 Å². The maximum Gasteiger partial charge on any atom is 0.327 e. The summed E-state index contributed by atoms with van der Waals surface area (Å²) < 4.78 is 5.71. The van der Waals surface area contributed by atoms with Gasteiger partial charge < -0.3 is 9.57 Å². The van der Waals surface area contributed by atoms with E-state index in [1.54, 1.807) is 0 Å². The molecule has 4 nitrogen and oxygen atoms in total. The average Bonchev–Trinajstić information content (AvgIpc) is 2.35. The molecule has 0 radical (unpaired) electrons. The molecule has 94 valence electrons. The fraction of sp³-hybridized carbons (Fsp3) is 0.462. The lowest BCUT2D eigenvalue weighted by Gasteiger charge is -2.18. The van der Waals surface area contributed by atoms with E-state index in [0.717, 1.165) is 5.56 Å². The minimum absolute atomic E-state index is 0.132. The lowest BCUT2D eigenvalue weighted by atomic mass is 10.1. The van der Waals surface area contributed by atoms with Gasteiger partial charge in [0, 0.05) is 6.61 Å². The minimum Gasteiger partial charge on any atom is -0.373 e. The van der Waals surface area contributed by atoms with Gasteiger partial charge in [-0.05, 0) is 11.5 Å². The molecular formula is C13H19NO3. The number of nitrogens with two attached hydrogens (primary N) is 1. The summed E-state index contributed by atoms with van der Waals surface area (Å²) in [4.78, 5) is 15.4. The maximum absolute atomic E-state index is 11.2. The summed E-state index contributed by atoms with van der Waals surface area (Å²) in [6.07, 6.45) is -0.164. The molecule has 0 amide bonds. The van der Waals surface area contributed by atoms with Crippen LogP contribution in [0.25, 0.3) is 0 Å². The van der Waals surface area contributed by atoms with Crippen molar-refractivity contribution in [2.45, 2.75) is 26.4 Å². The van der Waals surface area contributed by atoms with Crippen molar-refractivity contribution in [3.63, 3.8) is 0 Å². The monoisotopic (exact) mass is 237 g/mol. The van der Waals surface area contributed by atoms with Crippen LogP contribution < -0.4 is 5.90 Å². The molecule has 1 aromatic rings. The highest BCUT2D eigenvalue weighted by molar-refractivity contribution is 5.69. The predicted octanol–water partition coefficient (Wildman–Crippen LogP) is 2.21. The number of hydrogen-bond donors (Lipinski definition) is 1. The van der Waals surface area contributed by atoms with Gasteiger partial charge in [-0.3, -0.25) is 4.79 Å². The van der Waals surface area contributed by atoms with Crippen molar-refractivity contribution in [1.82, 2.24) is 0 Å². The van der Waals surface area contributed by atoms with Gasteiger partial charge >= 0.3 is 5.97 Å². The molecule has 0 bridgehead atoms. The Kier molecular flexibility index (Phi) is 5.66. The van der Waals surface area contributed by atoms with Crippen LogP contribution in [0.15, 0.2) is 30.3 Å². The van der Waals surface area contributed by atoms with E-state index in [1.165, 1.54) is 0 Å². The van der Waals surface area contributed by atoms with Gasteiger partial charge in [0.2, 0.25) is 0 Å². The van der Waals surface area contributed by atoms with Crippen molar-refractivity contribution in [3.8, 4) is 0 Å². The topological polar surface area (TPSA) is 61.5 Å². The third kappa shape index (κ3) is 4.97. The van der Waals surface area contributed by atoms with Crippen LogP contribution in [0, 0.1) is 5.92 Å². The first-order valence-electron chi connectivity index (χ1n) is 5.69. The van der Waals surface area contributed by atoms with E-state index in [0.29, 0.717) is 12.5 Å². The summed E-state index contributed by atoms with van der Waals surface area (Å²) in [6.45, 7) is 4.71. The molecule has 0 aliphatic carbocycles. The third-order valence-corrected chi connectivity index (χ3v) is 2.29. The lowest BCUT2D eigenvalue weighted by Crippen LogP contribution is -2.17. The van der Waals surface area contributed by atoms with Crippen molar-refractivity contribution >= 4 is 5.97 Å². The van der Waals surface area contributed by atoms with E-state index in [9.17, 15) is 4.79 Å². The Bertz CT molecular complexity index is 338. The molecule has 4 heteroatoms. The van der Waals surface area contributed by atoms with E-state index < -0.39 is 5.97 Å². The second-order valence-electron chi connectivity index (χ2n) is 4.32. The van der Waals surface area contributed by atoms with Crippen LogP contribution in [0.1, 0.15) is 31.9 Å². The molecule has 17 heavy (non-hydrogen) atoms. The van der Waals surface area contributed by atoms with Gasteiger partial charge in [0.1, 0.15) is 0 Å². The quantitative estimate of drug-likeness (QED) is 0.770. The van der Waals surface area contributed by atoms with E-state index in [2.05, 4.69) is 18.7 Å². The molecule has 1 aromatic carbocycles. The molecule has 2 N–H and O–H groups in total. The number of carbonyl (C=O) groups excluding carboxylic acids is 1. The summed E-state index contributed by atoms with van der Waals surface area (Å²) >= 11 is 0. The first kappa shape index (κ1) is 13.7. The normalized spacial score (nSPS) is 12.5. The van der Waals surface area contributed by atoms with E-state index >= 15 is 0 Å². The zero-order chi connectivity index (χ0) is 12.7. The van der Waals surface area contributed by atoms with Crippen LogP contribution in [-0.2, 0) is 14.4 Å². The summed E-state index contributed by atoms with van der Waals surface area (Å²) in [5, 5.41) is 0. The first-order chi connectivity index (χ1) is 8.13. The summed E-state index contributed by atoms with van der Waals surface area (Å²) in [6, 6.07) is 9.59. The SMILES string of the molecule is CC(C)COC(CC(=O)ON)c1ccccc1. The van der Waals surface area contributed by atoms with E-state index in [4.69, 9.17) is 10.6 Å². The Balaban J connectivity index is 2.68. The van der Waals surface area contributed by atoms with Gasteiger partial charge in [-0.2, -0.15) is 5.90 Å². The summed E-state index contributed by atoms with van der Waals surface area (Å²) in [5.74, 6) is 4.79. The highest BCUT2D eigenvalue weighted by atomic mass is 16.7. The highest BCUT2D eigenvalue weighted by Crippen LogP contribution is 2.22. The third-order valence-electron chi connectivity index (χ3n) is 2.29. The Morgan fingerprint density at radius 2 is 1.94 bits per heavy atom. The van der Waals surface area contributed by atoms with Gasteiger partial charge in [-0.1, -0.05) is 44.2 Å². The lowest BCUT2D eigenvalue weighted by molar-refractivity contribution is -0.147. The number of benzene rings is 1. The average molecular weight is 237 g/mol. The molecule has 0 saturated heterocycles. The fourth-order valence-corrected chi connectivity index (χ4v) is 1.45. The van der Waals surface area contributed by atoms with Crippen molar-refractivity contribution < 1.29 is 14.4 Å². The summed E-state index contributed by atoms with van der Waals surface area (Å²) in [5.41, 5.74) is 0.957. The van der Waals surface area contributed by atoms with Gasteiger partial charge in [-0.25, -0.2) is 0 Å². The number of carbonyl (C=O) groups is 1. The van der Waals surface area contributed by atoms with Crippen LogP contribution in [0.5, 0.6) is 0 Å². The number of hydrogen-bond acceptors (Lipinski definition) is 4. The zero-order valence-corrected chi connectivity index (χ0v) is 10.3. The standard InChI is InChI=1S/C13H19NO3/c1-10(2)9-16-12(8-13(15)17-14)11-6-4-3-5-7-11/h3-7,10,12H,8-9,14H2,1-2H3. The largest absolute Gasteiger partial charge is 0.373 e. The molecule has 1 rings (SSSR count). The van der Waals surface area contributed by atoms with Crippen molar-refractivity contribution in [1.29, 1.82) is 0 Å². The Hall–Kier alpha value is -1.39. The maximum atomic E-state index is 11.2. The zero-order valence-electron chi connectivity index (χ0n) is 10.3. The van der Waals surface area contributed by atoms with E-state index in [-0.39, 0.29) is 12.5 Å². The van der Waals surface area contributed by atoms with Gasteiger partial charge in [0.25, 0.3) is 0 Å². The van der Waals surface area contributed by atoms with Crippen molar-refractivity contribution in [2.24, 2.45) is 11.8 Å². The minimum atomic E-state index is -0.470. The molecule has 1 unspecified atom stereocenters. The number of ether oxygens (including phenoxy) is 1. The second-order valence-corrected chi connectivity index (χ2v) is 4.32. The smallest absolute Gasteiger partial charge is 0.327 e. The van der Waals surface area contributed by atoms with Crippen LogP contribution in [0.4, 0.5) is 0 Å².